The van der Waals surface area contributed by atoms with E-state index in [4.69, 9.17) is 9.15 Å². The summed E-state index contributed by atoms with van der Waals surface area (Å²) in [4.78, 5) is 11.8. The van der Waals surface area contributed by atoms with Crippen molar-refractivity contribution < 1.29 is 13.9 Å². The molecular formula is C25H36O3. The average molecular weight is 385 g/mol. The lowest BCUT2D eigenvalue weighted by atomic mass is 10.1. The van der Waals surface area contributed by atoms with E-state index in [0.29, 0.717) is 13.0 Å². The number of rotatable bonds is 15. The predicted octanol–water partition coefficient (Wildman–Crippen LogP) is 7.03. The molecule has 0 spiro atoms. The fourth-order valence-electron chi connectivity index (χ4n) is 3.33. The number of unbranched alkanes of at least 4 members (excludes halogenated alkanes) is 7. The van der Waals surface area contributed by atoms with Crippen molar-refractivity contribution in [2.24, 2.45) is 0 Å². The highest BCUT2D eigenvalue weighted by Crippen LogP contribution is 2.15. The van der Waals surface area contributed by atoms with Gasteiger partial charge in [-0.3, -0.25) is 4.79 Å². The Bertz CT molecular complexity index is 645. The fourth-order valence-corrected chi connectivity index (χ4v) is 3.33. The van der Waals surface area contributed by atoms with Crippen LogP contribution < -0.4 is 0 Å². The quantitative estimate of drug-likeness (QED) is 0.244. The van der Waals surface area contributed by atoms with Gasteiger partial charge in [-0.25, -0.2) is 0 Å². The van der Waals surface area contributed by atoms with E-state index in [1.807, 2.05) is 30.3 Å². The predicted molar refractivity (Wildman–Crippen MR) is 114 cm³/mol. The van der Waals surface area contributed by atoms with E-state index >= 15 is 0 Å². The molecule has 154 valence electrons. The zero-order valence-electron chi connectivity index (χ0n) is 17.5. The summed E-state index contributed by atoms with van der Waals surface area (Å²) in [5, 5.41) is 0. The summed E-state index contributed by atoms with van der Waals surface area (Å²) in [6.45, 7) is 2.61. The summed E-state index contributed by atoms with van der Waals surface area (Å²) in [6.07, 6.45) is 13.2. The zero-order chi connectivity index (χ0) is 19.9. The van der Waals surface area contributed by atoms with Crippen LogP contribution in [0.1, 0.15) is 88.2 Å². The minimum Gasteiger partial charge on any atom is -0.466 e. The van der Waals surface area contributed by atoms with Crippen LogP contribution in [0.15, 0.2) is 46.9 Å². The number of aryl methyl sites for hydroxylation is 2. The topological polar surface area (TPSA) is 39.4 Å². The Kier molecular flexibility index (Phi) is 11.2. The van der Waals surface area contributed by atoms with Crippen LogP contribution in [0.25, 0.3) is 0 Å². The van der Waals surface area contributed by atoms with Crippen molar-refractivity contribution in [1.29, 1.82) is 0 Å². The minimum atomic E-state index is -0.0867. The highest BCUT2D eigenvalue weighted by atomic mass is 16.5. The third kappa shape index (κ3) is 9.77. The molecule has 0 aliphatic rings. The van der Waals surface area contributed by atoms with Crippen LogP contribution in [0.2, 0.25) is 0 Å². The molecule has 3 heteroatoms. The molecule has 1 aromatic carbocycles. The van der Waals surface area contributed by atoms with Crippen LogP contribution in [0.4, 0.5) is 0 Å². The molecule has 0 N–H and O–H groups in total. The maximum absolute atomic E-state index is 11.8. The molecule has 1 aromatic heterocycles. The van der Waals surface area contributed by atoms with Gasteiger partial charge in [-0.15, -0.1) is 0 Å². The van der Waals surface area contributed by atoms with Crippen LogP contribution in [-0.4, -0.2) is 5.97 Å². The fraction of sp³-hybridized carbons (Fsp3) is 0.560. The van der Waals surface area contributed by atoms with Crippen LogP contribution in [0.3, 0.4) is 0 Å². The molecule has 2 rings (SSSR count). The molecular weight excluding hydrogens is 348 g/mol. The zero-order valence-corrected chi connectivity index (χ0v) is 17.5. The van der Waals surface area contributed by atoms with E-state index in [1.54, 1.807) is 0 Å². The average Bonchev–Trinajstić information content (AvgIpc) is 3.17. The molecule has 0 unspecified atom stereocenters. The lowest BCUT2D eigenvalue weighted by molar-refractivity contribution is -0.145. The van der Waals surface area contributed by atoms with Crippen molar-refractivity contribution >= 4 is 5.97 Å². The van der Waals surface area contributed by atoms with Crippen molar-refractivity contribution in [1.82, 2.24) is 0 Å². The van der Waals surface area contributed by atoms with Gasteiger partial charge in [-0.2, -0.15) is 0 Å². The number of carbonyl (C=O) groups excluding carboxylic acids is 1. The van der Waals surface area contributed by atoms with Gasteiger partial charge in [-0.1, -0.05) is 75.8 Å². The minimum absolute atomic E-state index is 0.0867. The number of furan rings is 1. The Morgan fingerprint density at radius 1 is 0.786 bits per heavy atom. The van der Waals surface area contributed by atoms with Crippen LogP contribution >= 0.6 is 0 Å². The number of esters is 1. The van der Waals surface area contributed by atoms with E-state index in [-0.39, 0.29) is 5.97 Å². The van der Waals surface area contributed by atoms with Crippen LogP contribution in [0, 0.1) is 0 Å². The smallest absolute Gasteiger partial charge is 0.306 e. The first kappa shape index (κ1) is 22.3. The summed E-state index contributed by atoms with van der Waals surface area (Å²) in [5.41, 5.74) is 1.04. The molecule has 0 radical (unpaired) electrons. The van der Waals surface area contributed by atoms with Gasteiger partial charge < -0.3 is 9.15 Å². The van der Waals surface area contributed by atoms with Crippen LogP contribution in [0.5, 0.6) is 0 Å². The maximum atomic E-state index is 11.8. The molecule has 0 saturated carbocycles. The molecule has 0 saturated heterocycles. The van der Waals surface area contributed by atoms with E-state index in [2.05, 4.69) is 19.1 Å². The Hall–Kier alpha value is -2.03. The van der Waals surface area contributed by atoms with Gasteiger partial charge in [0, 0.05) is 19.3 Å². The molecule has 3 nitrogen and oxygen atoms in total. The van der Waals surface area contributed by atoms with Gasteiger partial charge in [0.25, 0.3) is 0 Å². The molecule has 0 aliphatic carbocycles. The van der Waals surface area contributed by atoms with Crippen molar-refractivity contribution in [3.8, 4) is 0 Å². The van der Waals surface area contributed by atoms with Gasteiger partial charge in [0.15, 0.2) is 0 Å². The highest BCUT2D eigenvalue weighted by molar-refractivity contribution is 5.69. The Morgan fingerprint density at radius 3 is 2.07 bits per heavy atom. The van der Waals surface area contributed by atoms with E-state index in [1.165, 1.54) is 44.9 Å². The molecule has 0 bridgehead atoms. The van der Waals surface area contributed by atoms with Gasteiger partial charge in [0.05, 0.1) is 0 Å². The van der Waals surface area contributed by atoms with Gasteiger partial charge in [0.1, 0.15) is 18.1 Å². The second-order valence-corrected chi connectivity index (χ2v) is 7.59. The summed E-state index contributed by atoms with van der Waals surface area (Å²) in [6, 6.07) is 14.1. The molecule has 0 fully saturated rings. The van der Waals surface area contributed by atoms with Crippen LogP contribution in [-0.2, 0) is 29.0 Å². The molecule has 2 aromatic rings. The number of hydrogen-bond donors (Lipinski definition) is 0. The molecule has 0 aliphatic heterocycles. The summed E-state index contributed by atoms with van der Waals surface area (Å²) < 4.78 is 11.2. The number of ether oxygens (including phenoxy) is 1. The first-order valence-corrected chi connectivity index (χ1v) is 11.0. The highest BCUT2D eigenvalue weighted by Gasteiger charge is 2.04. The normalized spacial score (nSPS) is 10.9. The summed E-state index contributed by atoms with van der Waals surface area (Å²) in [7, 11) is 0. The van der Waals surface area contributed by atoms with Gasteiger partial charge in [-0.05, 0) is 37.0 Å². The second kappa shape index (κ2) is 14.0. The third-order valence-electron chi connectivity index (χ3n) is 5.04. The van der Waals surface area contributed by atoms with E-state index in [9.17, 15) is 4.79 Å². The number of hydrogen-bond acceptors (Lipinski definition) is 3. The first-order valence-electron chi connectivity index (χ1n) is 11.0. The molecule has 28 heavy (non-hydrogen) atoms. The van der Waals surface area contributed by atoms with E-state index in [0.717, 1.165) is 42.8 Å². The standard InChI is InChI=1S/C25H36O3/c1-2-3-9-16-23-19-20-24(28-23)17-12-6-4-5-7-13-18-25(26)27-21-22-14-10-8-11-15-22/h8,10-11,14-15,19-20H,2-7,9,12-13,16-18,21H2,1H3. The largest absolute Gasteiger partial charge is 0.466 e. The van der Waals surface area contributed by atoms with Crippen molar-refractivity contribution in [3.63, 3.8) is 0 Å². The monoisotopic (exact) mass is 384 g/mol. The third-order valence-corrected chi connectivity index (χ3v) is 5.04. The SMILES string of the molecule is CCCCCc1ccc(CCCCCCCCC(=O)OCc2ccccc2)o1. The van der Waals surface area contributed by atoms with Gasteiger partial charge >= 0.3 is 5.97 Å². The van der Waals surface area contributed by atoms with E-state index < -0.39 is 0 Å². The summed E-state index contributed by atoms with van der Waals surface area (Å²) in [5.74, 6) is 2.19. The summed E-state index contributed by atoms with van der Waals surface area (Å²) >= 11 is 0. The number of benzene rings is 1. The lowest BCUT2D eigenvalue weighted by Gasteiger charge is -2.05. The second-order valence-electron chi connectivity index (χ2n) is 7.59. The lowest BCUT2D eigenvalue weighted by Crippen LogP contribution is -2.04. The van der Waals surface area contributed by atoms with Gasteiger partial charge in [0.2, 0.25) is 0 Å². The Morgan fingerprint density at radius 2 is 1.39 bits per heavy atom. The molecule has 0 atom stereocenters. The number of carbonyl (C=O) groups is 1. The maximum Gasteiger partial charge on any atom is 0.306 e. The Balaban J connectivity index is 1.42. The van der Waals surface area contributed by atoms with Crippen molar-refractivity contribution in [2.45, 2.75) is 90.6 Å². The Labute approximate surface area is 170 Å². The van der Waals surface area contributed by atoms with Crippen molar-refractivity contribution in [2.75, 3.05) is 0 Å². The van der Waals surface area contributed by atoms with Crippen molar-refractivity contribution in [3.05, 3.63) is 59.5 Å². The molecule has 1 heterocycles. The molecule has 0 amide bonds. The first-order chi connectivity index (χ1) is 13.8.